The predicted molar refractivity (Wildman–Crippen MR) is 62.3 cm³/mol. The van der Waals surface area contributed by atoms with Crippen LogP contribution in [0.1, 0.15) is 29.3 Å². The van der Waals surface area contributed by atoms with Gasteiger partial charge in [-0.25, -0.2) is 4.39 Å². The van der Waals surface area contributed by atoms with Gasteiger partial charge in [-0.05, 0) is 38.0 Å². The first-order chi connectivity index (χ1) is 7.99. The maximum Gasteiger partial charge on any atom is 0.254 e. The largest absolute Gasteiger partial charge is 0.391 e. The van der Waals surface area contributed by atoms with Crippen molar-refractivity contribution in [1.82, 2.24) is 4.90 Å². The zero-order chi connectivity index (χ0) is 12.6. The second-order valence-corrected chi connectivity index (χ2v) is 4.66. The summed E-state index contributed by atoms with van der Waals surface area (Å²) in [7, 11) is 0. The number of nitrogens with zero attached hydrogens (tertiary/aromatic N) is 1. The summed E-state index contributed by atoms with van der Waals surface area (Å²) in [5, 5.41) is 9.50. The van der Waals surface area contributed by atoms with Gasteiger partial charge < -0.3 is 10.0 Å². The molecule has 1 saturated heterocycles. The van der Waals surface area contributed by atoms with Crippen LogP contribution in [0.2, 0.25) is 0 Å². The number of carbonyl (C=O) groups is 1. The summed E-state index contributed by atoms with van der Waals surface area (Å²) in [6.07, 6.45) is 0.115. The molecule has 1 fully saturated rings. The summed E-state index contributed by atoms with van der Waals surface area (Å²) < 4.78 is 13.4. The van der Waals surface area contributed by atoms with Gasteiger partial charge in [0.1, 0.15) is 5.82 Å². The molecule has 0 saturated carbocycles. The van der Waals surface area contributed by atoms with Crippen molar-refractivity contribution in [3.05, 3.63) is 35.1 Å². The van der Waals surface area contributed by atoms with E-state index in [1.807, 2.05) is 6.92 Å². The van der Waals surface area contributed by atoms with E-state index in [4.69, 9.17) is 0 Å². The van der Waals surface area contributed by atoms with Gasteiger partial charge in [0, 0.05) is 18.2 Å². The molecule has 0 aliphatic carbocycles. The van der Waals surface area contributed by atoms with Gasteiger partial charge in [0.25, 0.3) is 5.91 Å². The van der Waals surface area contributed by atoms with Gasteiger partial charge in [-0.1, -0.05) is 6.07 Å². The number of β-amino-alcohol motifs (C(OH)–C–C–N with tert-alkyl or cyclic N) is 1. The van der Waals surface area contributed by atoms with E-state index in [0.29, 0.717) is 24.1 Å². The standard InChI is InChI=1S/C13H16FNO2/c1-8-3-4-10(6-12(8)14)13(17)15-7-11(16)5-9(15)2/h3-4,6,9,11,16H,5,7H2,1-2H3/t9-,11-/m0/s1. The Balaban J connectivity index is 2.22. The molecule has 1 amide bonds. The van der Waals surface area contributed by atoms with Gasteiger partial charge in [-0.15, -0.1) is 0 Å². The Kier molecular flexibility index (Phi) is 3.15. The molecule has 0 spiro atoms. The Bertz CT molecular complexity index is 447. The van der Waals surface area contributed by atoms with Crippen LogP contribution >= 0.6 is 0 Å². The highest BCUT2D eigenvalue weighted by atomic mass is 19.1. The molecule has 1 aliphatic rings. The SMILES string of the molecule is Cc1ccc(C(=O)N2C[C@@H](O)C[C@@H]2C)cc1F. The molecular weight excluding hydrogens is 221 g/mol. The molecule has 1 aromatic carbocycles. The number of rotatable bonds is 1. The third-order valence-electron chi connectivity index (χ3n) is 3.23. The maximum atomic E-state index is 13.4. The Morgan fingerprint density at radius 3 is 2.76 bits per heavy atom. The minimum Gasteiger partial charge on any atom is -0.391 e. The zero-order valence-corrected chi connectivity index (χ0v) is 9.98. The number of aliphatic hydroxyl groups is 1. The quantitative estimate of drug-likeness (QED) is 0.808. The minimum absolute atomic E-state index is 0.00173. The fraction of sp³-hybridized carbons (Fsp3) is 0.462. The lowest BCUT2D eigenvalue weighted by molar-refractivity contribution is 0.0725. The first-order valence-electron chi connectivity index (χ1n) is 5.74. The number of hydrogen-bond donors (Lipinski definition) is 1. The summed E-state index contributed by atoms with van der Waals surface area (Å²) in [6.45, 7) is 3.87. The fourth-order valence-electron chi connectivity index (χ4n) is 2.18. The number of likely N-dealkylation sites (tertiary alicyclic amines) is 1. The van der Waals surface area contributed by atoms with E-state index in [2.05, 4.69) is 0 Å². The molecule has 1 aromatic rings. The molecule has 92 valence electrons. The van der Waals surface area contributed by atoms with Crippen LogP contribution in [-0.2, 0) is 0 Å². The van der Waals surface area contributed by atoms with Crippen LogP contribution in [-0.4, -0.2) is 34.6 Å². The predicted octanol–water partition coefficient (Wildman–Crippen LogP) is 1.73. The van der Waals surface area contributed by atoms with Crippen LogP contribution in [0, 0.1) is 12.7 Å². The Labute approximate surface area is 99.9 Å². The smallest absolute Gasteiger partial charge is 0.254 e. The molecule has 0 aromatic heterocycles. The molecule has 0 unspecified atom stereocenters. The second kappa shape index (κ2) is 4.45. The third-order valence-corrected chi connectivity index (χ3v) is 3.23. The summed E-state index contributed by atoms with van der Waals surface area (Å²) in [5.74, 6) is -0.587. The monoisotopic (exact) mass is 237 g/mol. The van der Waals surface area contributed by atoms with Crippen LogP contribution in [0.25, 0.3) is 0 Å². The number of aryl methyl sites for hydroxylation is 1. The van der Waals surface area contributed by atoms with E-state index in [1.165, 1.54) is 6.07 Å². The van der Waals surface area contributed by atoms with Crippen molar-refractivity contribution in [2.45, 2.75) is 32.4 Å². The number of halogens is 1. The van der Waals surface area contributed by atoms with E-state index >= 15 is 0 Å². The lowest BCUT2D eigenvalue weighted by Gasteiger charge is -2.21. The molecule has 1 heterocycles. The lowest BCUT2D eigenvalue weighted by atomic mass is 10.1. The highest BCUT2D eigenvalue weighted by Gasteiger charge is 2.31. The Morgan fingerprint density at radius 2 is 2.24 bits per heavy atom. The Morgan fingerprint density at radius 1 is 1.53 bits per heavy atom. The van der Waals surface area contributed by atoms with Gasteiger partial charge in [-0.2, -0.15) is 0 Å². The van der Waals surface area contributed by atoms with E-state index < -0.39 is 6.10 Å². The molecule has 1 N–H and O–H groups in total. The number of hydrogen-bond acceptors (Lipinski definition) is 2. The number of benzene rings is 1. The minimum atomic E-state index is -0.468. The molecule has 0 bridgehead atoms. The molecule has 2 rings (SSSR count). The molecule has 4 heteroatoms. The van der Waals surface area contributed by atoms with Crippen LogP contribution in [0.15, 0.2) is 18.2 Å². The fourth-order valence-corrected chi connectivity index (χ4v) is 2.18. The highest BCUT2D eigenvalue weighted by molar-refractivity contribution is 5.94. The maximum absolute atomic E-state index is 13.4. The third kappa shape index (κ3) is 2.31. The van der Waals surface area contributed by atoms with Crippen LogP contribution in [0.3, 0.4) is 0 Å². The van der Waals surface area contributed by atoms with Crippen LogP contribution in [0.5, 0.6) is 0 Å². The summed E-state index contributed by atoms with van der Waals surface area (Å²) in [6, 6.07) is 4.48. The average Bonchev–Trinajstić information content (AvgIpc) is 2.61. The van der Waals surface area contributed by atoms with Gasteiger partial charge in [0.05, 0.1) is 6.10 Å². The average molecular weight is 237 g/mol. The topological polar surface area (TPSA) is 40.5 Å². The van der Waals surface area contributed by atoms with Crippen molar-refractivity contribution in [2.75, 3.05) is 6.54 Å². The Hall–Kier alpha value is -1.42. The van der Waals surface area contributed by atoms with E-state index in [0.717, 1.165) is 0 Å². The number of aliphatic hydroxyl groups excluding tert-OH is 1. The van der Waals surface area contributed by atoms with Gasteiger partial charge in [0.15, 0.2) is 0 Å². The van der Waals surface area contributed by atoms with Crippen molar-refractivity contribution in [1.29, 1.82) is 0 Å². The van der Waals surface area contributed by atoms with E-state index in [-0.39, 0.29) is 17.8 Å². The van der Waals surface area contributed by atoms with Gasteiger partial charge in [-0.3, -0.25) is 4.79 Å². The molecular formula is C13H16FNO2. The van der Waals surface area contributed by atoms with Crippen LogP contribution in [0.4, 0.5) is 4.39 Å². The molecule has 3 nitrogen and oxygen atoms in total. The van der Waals surface area contributed by atoms with E-state index in [1.54, 1.807) is 24.0 Å². The zero-order valence-electron chi connectivity index (χ0n) is 9.98. The normalized spacial score (nSPS) is 24.1. The van der Waals surface area contributed by atoms with Crippen molar-refractivity contribution in [3.63, 3.8) is 0 Å². The molecule has 1 aliphatic heterocycles. The summed E-state index contributed by atoms with van der Waals surface area (Å²) in [5.41, 5.74) is 0.866. The second-order valence-electron chi connectivity index (χ2n) is 4.66. The summed E-state index contributed by atoms with van der Waals surface area (Å²) in [4.78, 5) is 13.7. The number of amides is 1. The van der Waals surface area contributed by atoms with Crippen molar-refractivity contribution in [2.24, 2.45) is 0 Å². The van der Waals surface area contributed by atoms with Crippen LogP contribution < -0.4 is 0 Å². The van der Waals surface area contributed by atoms with E-state index in [9.17, 15) is 14.3 Å². The molecule has 17 heavy (non-hydrogen) atoms. The highest BCUT2D eigenvalue weighted by Crippen LogP contribution is 2.21. The van der Waals surface area contributed by atoms with Crippen molar-refractivity contribution in [3.8, 4) is 0 Å². The first kappa shape index (κ1) is 12.0. The van der Waals surface area contributed by atoms with Crippen molar-refractivity contribution < 1.29 is 14.3 Å². The molecule has 2 atom stereocenters. The van der Waals surface area contributed by atoms with Gasteiger partial charge in [0.2, 0.25) is 0 Å². The lowest BCUT2D eigenvalue weighted by Crippen LogP contribution is -2.34. The number of carbonyl (C=O) groups excluding carboxylic acids is 1. The van der Waals surface area contributed by atoms with Gasteiger partial charge >= 0.3 is 0 Å². The summed E-state index contributed by atoms with van der Waals surface area (Å²) >= 11 is 0. The van der Waals surface area contributed by atoms with Crippen molar-refractivity contribution >= 4 is 5.91 Å². The molecule has 0 radical (unpaired) electrons. The first-order valence-corrected chi connectivity index (χ1v) is 5.74.